The summed E-state index contributed by atoms with van der Waals surface area (Å²) in [5, 5.41) is 0. The third kappa shape index (κ3) is 5.12. The average molecular weight is 264 g/mol. The van der Waals surface area contributed by atoms with Crippen LogP contribution >= 0.6 is 0 Å². The fraction of sp³-hybridized carbons (Fsp3) is 0.467. The first-order valence-corrected chi connectivity index (χ1v) is 6.50. The molecule has 1 aromatic rings. The summed E-state index contributed by atoms with van der Waals surface area (Å²) in [6.07, 6.45) is 2.64. The van der Waals surface area contributed by atoms with Gasteiger partial charge in [0.05, 0.1) is 19.3 Å². The zero-order chi connectivity index (χ0) is 14.1. The van der Waals surface area contributed by atoms with Crippen LogP contribution in [0.15, 0.2) is 24.3 Å². The lowest BCUT2D eigenvalue weighted by Gasteiger charge is -2.07. The van der Waals surface area contributed by atoms with E-state index in [4.69, 9.17) is 9.47 Å². The molecule has 0 atom stereocenters. The van der Waals surface area contributed by atoms with E-state index in [2.05, 4.69) is 0 Å². The van der Waals surface area contributed by atoms with Crippen molar-refractivity contribution in [3.8, 4) is 0 Å². The maximum absolute atomic E-state index is 11.6. The molecule has 0 aliphatic carbocycles. The number of methoxy groups -OCH3 is 1. The molecule has 4 nitrogen and oxygen atoms in total. The van der Waals surface area contributed by atoms with Crippen LogP contribution < -0.4 is 0 Å². The maximum atomic E-state index is 11.6. The second-order valence-electron chi connectivity index (χ2n) is 4.22. The van der Waals surface area contributed by atoms with Gasteiger partial charge < -0.3 is 9.47 Å². The van der Waals surface area contributed by atoms with Gasteiger partial charge in [-0.05, 0) is 24.5 Å². The first-order valence-electron chi connectivity index (χ1n) is 6.50. The molecule has 0 spiro atoms. The monoisotopic (exact) mass is 264 g/mol. The lowest BCUT2D eigenvalue weighted by molar-refractivity contribution is -0.143. The van der Waals surface area contributed by atoms with Crippen LogP contribution in [0.5, 0.6) is 0 Å². The molecule has 0 heterocycles. The molecular weight excluding hydrogens is 244 g/mol. The van der Waals surface area contributed by atoms with Crippen LogP contribution in [0.1, 0.15) is 42.1 Å². The van der Waals surface area contributed by atoms with Gasteiger partial charge in [-0.2, -0.15) is 0 Å². The molecule has 0 saturated heterocycles. The number of ether oxygens (including phenoxy) is 2. The Labute approximate surface area is 113 Å². The summed E-state index contributed by atoms with van der Waals surface area (Å²) >= 11 is 0. The lowest BCUT2D eigenvalue weighted by atomic mass is 10.0. The molecule has 0 saturated carbocycles. The van der Waals surface area contributed by atoms with Crippen molar-refractivity contribution in [2.45, 2.75) is 32.6 Å². The molecule has 1 rings (SSSR count). The number of benzene rings is 1. The molecule has 0 unspecified atom stereocenters. The molecule has 0 fully saturated rings. The number of carbonyl (C=O) groups excluding carboxylic acids is 2. The molecule has 0 bridgehead atoms. The fourth-order valence-corrected chi connectivity index (χ4v) is 1.69. The van der Waals surface area contributed by atoms with Crippen LogP contribution in [0.4, 0.5) is 0 Å². The topological polar surface area (TPSA) is 52.6 Å². The van der Waals surface area contributed by atoms with Gasteiger partial charge in [0, 0.05) is 6.42 Å². The van der Waals surface area contributed by atoms with Crippen molar-refractivity contribution in [2.24, 2.45) is 0 Å². The number of carbonyl (C=O) groups is 2. The Morgan fingerprint density at radius 2 is 1.95 bits per heavy atom. The number of hydrogen-bond acceptors (Lipinski definition) is 4. The van der Waals surface area contributed by atoms with E-state index in [-0.39, 0.29) is 18.4 Å². The third-order valence-corrected chi connectivity index (χ3v) is 2.78. The van der Waals surface area contributed by atoms with Crippen LogP contribution in [0.2, 0.25) is 0 Å². The van der Waals surface area contributed by atoms with Crippen molar-refractivity contribution in [3.63, 3.8) is 0 Å². The predicted octanol–water partition coefficient (Wildman–Crippen LogP) is 2.75. The molecular formula is C15H20O4. The van der Waals surface area contributed by atoms with E-state index in [1.54, 1.807) is 12.1 Å². The minimum Gasteiger partial charge on any atom is -0.466 e. The second-order valence-corrected chi connectivity index (χ2v) is 4.22. The van der Waals surface area contributed by atoms with Crippen molar-refractivity contribution < 1.29 is 19.1 Å². The van der Waals surface area contributed by atoms with Gasteiger partial charge in [0.1, 0.15) is 0 Å². The largest absolute Gasteiger partial charge is 0.466 e. The van der Waals surface area contributed by atoms with Crippen molar-refractivity contribution in [1.82, 2.24) is 0 Å². The first kappa shape index (κ1) is 15.2. The average Bonchev–Trinajstić information content (AvgIpc) is 2.45. The number of rotatable bonds is 7. The van der Waals surface area contributed by atoms with Gasteiger partial charge in [0.2, 0.25) is 0 Å². The van der Waals surface area contributed by atoms with E-state index in [0.29, 0.717) is 18.6 Å². The molecule has 19 heavy (non-hydrogen) atoms. The minimum atomic E-state index is -0.380. The predicted molar refractivity (Wildman–Crippen MR) is 72.0 cm³/mol. The van der Waals surface area contributed by atoms with Gasteiger partial charge in [-0.3, -0.25) is 4.79 Å². The van der Waals surface area contributed by atoms with Gasteiger partial charge >= 0.3 is 11.9 Å². The molecule has 0 aliphatic heterocycles. The highest BCUT2D eigenvalue weighted by Gasteiger charge is 2.12. The zero-order valence-corrected chi connectivity index (χ0v) is 11.5. The van der Waals surface area contributed by atoms with Crippen molar-refractivity contribution >= 4 is 11.9 Å². The Bertz CT molecular complexity index is 426. The molecule has 0 aromatic heterocycles. The molecule has 104 valence electrons. The molecule has 0 radical (unpaired) electrons. The minimum absolute atomic E-state index is 0.229. The van der Waals surface area contributed by atoms with E-state index in [9.17, 15) is 9.59 Å². The number of aryl methyl sites for hydroxylation is 1. The Morgan fingerprint density at radius 1 is 1.21 bits per heavy atom. The summed E-state index contributed by atoms with van der Waals surface area (Å²) in [5.41, 5.74) is 1.31. The van der Waals surface area contributed by atoms with Crippen molar-refractivity contribution in [1.29, 1.82) is 0 Å². The van der Waals surface area contributed by atoms with Crippen LogP contribution in [-0.2, 0) is 20.7 Å². The standard InChI is InChI=1S/C15H20O4/c1-3-4-11-19-14(16)10-9-12-7-5-6-8-13(12)15(17)18-2/h5-8H,3-4,9-11H2,1-2H3. The normalized spacial score (nSPS) is 10.0. The van der Waals surface area contributed by atoms with Gasteiger partial charge in [0.15, 0.2) is 0 Å². The van der Waals surface area contributed by atoms with Crippen molar-refractivity contribution in [2.75, 3.05) is 13.7 Å². The molecule has 0 N–H and O–H groups in total. The third-order valence-electron chi connectivity index (χ3n) is 2.78. The van der Waals surface area contributed by atoms with Crippen LogP contribution in [0.25, 0.3) is 0 Å². The van der Waals surface area contributed by atoms with E-state index in [1.807, 2.05) is 19.1 Å². The van der Waals surface area contributed by atoms with Gasteiger partial charge in [-0.1, -0.05) is 31.5 Å². The highest BCUT2D eigenvalue weighted by Crippen LogP contribution is 2.12. The SMILES string of the molecule is CCCCOC(=O)CCc1ccccc1C(=O)OC. The summed E-state index contributed by atoms with van der Waals surface area (Å²) in [4.78, 5) is 23.1. The molecule has 0 amide bonds. The second kappa shape index (κ2) is 8.29. The highest BCUT2D eigenvalue weighted by molar-refractivity contribution is 5.91. The smallest absolute Gasteiger partial charge is 0.338 e. The summed E-state index contributed by atoms with van der Waals surface area (Å²) in [6.45, 7) is 2.51. The van der Waals surface area contributed by atoms with Crippen LogP contribution in [0.3, 0.4) is 0 Å². The first-order chi connectivity index (χ1) is 9.19. The Kier molecular flexibility index (Phi) is 6.64. The quantitative estimate of drug-likeness (QED) is 0.561. The number of esters is 2. The maximum Gasteiger partial charge on any atom is 0.338 e. The summed E-state index contributed by atoms with van der Waals surface area (Å²) < 4.78 is 9.78. The fourth-order valence-electron chi connectivity index (χ4n) is 1.69. The highest BCUT2D eigenvalue weighted by atomic mass is 16.5. The molecule has 1 aromatic carbocycles. The van der Waals surface area contributed by atoms with Crippen molar-refractivity contribution in [3.05, 3.63) is 35.4 Å². The summed E-state index contributed by atoms with van der Waals surface area (Å²) in [6, 6.07) is 7.13. The van der Waals surface area contributed by atoms with Gasteiger partial charge in [-0.15, -0.1) is 0 Å². The van der Waals surface area contributed by atoms with E-state index < -0.39 is 0 Å². The van der Waals surface area contributed by atoms with Crippen LogP contribution in [0, 0.1) is 0 Å². The number of hydrogen-bond donors (Lipinski definition) is 0. The van der Waals surface area contributed by atoms with Gasteiger partial charge in [0.25, 0.3) is 0 Å². The summed E-state index contributed by atoms with van der Waals surface area (Å²) in [5.74, 6) is -0.608. The van der Waals surface area contributed by atoms with Crippen LogP contribution in [-0.4, -0.2) is 25.7 Å². The Morgan fingerprint density at radius 3 is 2.63 bits per heavy atom. The Hall–Kier alpha value is -1.84. The zero-order valence-electron chi connectivity index (χ0n) is 11.5. The Balaban J connectivity index is 2.53. The molecule has 4 heteroatoms. The number of unbranched alkanes of at least 4 members (excludes halogenated alkanes) is 1. The lowest BCUT2D eigenvalue weighted by Crippen LogP contribution is -2.10. The van der Waals surface area contributed by atoms with Gasteiger partial charge in [-0.25, -0.2) is 4.79 Å². The van der Waals surface area contributed by atoms with E-state index in [0.717, 1.165) is 18.4 Å². The summed E-state index contributed by atoms with van der Waals surface area (Å²) in [7, 11) is 1.35. The molecule has 0 aliphatic rings. The van der Waals surface area contributed by atoms with E-state index in [1.165, 1.54) is 7.11 Å². The van der Waals surface area contributed by atoms with E-state index >= 15 is 0 Å².